The quantitative estimate of drug-likeness (QED) is 0.236. The molecule has 0 aliphatic heterocycles. The van der Waals surface area contributed by atoms with Gasteiger partial charge in [-0.1, -0.05) is 0 Å². The minimum atomic E-state index is -4.54. The number of carboxylic acid groups (broad SMARTS) is 1. The van der Waals surface area contributed by atoms with Crippen LogP contribution in [0.2, 0.25) is 0 Å². The van der Waals surface area contributed by atoms with E-state index in [0.717, 1.165) is 0 Å². The molecule has 102 valence electrons. The number of aliphatic carboxylic acids is 1. The van der Waals surface area contributed by atoms with Crippen LogP contribution in [0.25, 0.3) is 0 Å². The summed E-state index contributed by atoms with van der Waals surface area (Å²) >= 11 is 0. The van der Waals surface area contributed by atoms with Crippen molar-refractivity contribution < 1.29 is 33.7 Å². The number of nitrogens with two attached hydrogens (primary N) is 1. The van der Waals surface area contributed by atoms with Gasteiger partial charge < -0.3 is 30.8 Å². The van der Waals surface area contributed by atoms with Crippen molar-refractivity contribution >= 4 is 20.9 Å². The van der Waals surface area contributed by atoms with E-state index in [0.29, 0.717) is 0 Å². The first-order valence-electron chi connectivity index (χ1n) is 4.58. The first-order chi connectivity index (χ1) is 7.53. The van der Waals surface area contributed by atoms with Crippen LogP contribution in [0.1, 0.15) is 6.42 Å². The molecule has 7 N–H and O–H groups in total. The summed E-state index contributed by atoms with van der Waals surface area (Å²) in [7, 11) is -8.50. The minimum absolute atomic E-state index is 0.0469. The lowest BCUT2D eigenvalue weighted by Gasteiger charge is -2.13. The molecule has 0 bridgehead atoms. The number of nitrogens with one attached hydrogen (secondary N) is 1. The fourth-order valence-electron chi connectivity index (χ4n) is 0.973. The van der Waals surface area contributed by atoms with Gasteiger partial charge in [-0.25, -0.2) is 0 Å². The molecule has 1 unspecified atom stereocenters. The summed E-state index contributed by atoms with van der Waals surface area (Å²) in [5, 5.41) is 10.9. The Labute approximate surface area is 97.6 Å². The molecule has 2 atom stereocenters. The number of hydrogen-bond donors (Lipinski definition) is 6. The summed E-state index contributed by atoms with van der Waals surface area (Å²) in [4.78, 5) is 36.5. The Kier molecular flexibility index (Phi) is 6.50. The highest BCUT2D eigenvalue weighted by molar-refractivity contribution is 7.72. The maximum Gasteiger partial charge on any atom is 0.335 e. The average Bonchev–Trinajstić information content (AvgIpc) is 2.07. The van der Waals surface area contributed by atoms with E-state index >= 15 is 0 Å². The van der Waals surface area contributed by atoms with Crippen LogP contribution in [0.4, 0.5) is 0 Å². The zero-order chi connectivity index (χ0) is 13.7. The van der Waals surface area contributed by atoms with Crippen LogP contribution in [0, 0.1) is 0 Å². The second-order valence-electron chi connectivity index (χ2n) is 3.54. The Hall–Kier alpha value is -0.270. The Morgan fingerprint density at radius 3 is 2.24 bits per heavy atom. The molecule has 0 fully saturated rings. The first kappa shape index (κ1) is 16.7. The minimum Gasteiger partial charge on any atom is -0.480 e. The second kappa shape index (κ2) is 6.61. The van der Waals surface area contributed by atoms with Crippen LogP contribution in [-0.4, -0.2) is 50.5 Å². The monoisotopic (exact) mass is 290 g/mol. The van der Waals surface area contributed by atoms with Gasteiger partial charge in [0.05, 0.1) is 6.29 Å². The van der Waals surface area contributed by atoms with Gasteiger partial charge in [0.2, 0.25) is 7.37 Å². The highest BCUT2D eigenvalue weighted by atomic mass is 31.2. The van der Waals surface area contributed by atoms with Gasteiger partial charge in [-0.15, -0.1) is 0 Å². The van der Waals surface area contributed by atoms with Gasteiger partial charge in [-0.2, -0.15) is 0 Å². The van der Waals surface area contributed by atoms with Crippen molar-refractivity contribution in [3.05, 3.63) is 0 Å². The van der Waals surface area contributed by atoms with Gasteiger partial charge in [-0.3, -0.25) is 13.9 Å². The van der Waals surface area contributed by atoms with E-state index in [9.17, 15) is 18.8 Å². The zero-order valence-electron chi connectivity index (χ0n) is 8.89. The Bertz CT molecular complexity index is 354. The van der Waals surface area contributed by atoms with Crippen LogP contribution < -0.4 is 11.1 Å². The summed E-state index contributed by atoms with van der Waals surface area (Å²) < 4.78 is 21.8. The third kappa shape index (κ3) is 9.43. The van der Waals surface area contributed by atoms with Crippen molar-refractivity contribution in [2.24, 2.45) is 5.73 Å². The molecule has 0 aliphatic rings. The van der Waals surface area contributed by atoms with Crippen molar-refractivity contribution in [3.63, 3.8) is 0 Å². The number of carboxylic acids is 1. The smallest absolute Gasteiger partial charge is 0.335 e. The Morgan fingerprint density at radius 2 is 1.82 bits per heavy atom. The summed E-state index contributed by atoms with van der Waals surface area (Å²) in [6, 6.07) is -1.08. The third-order valence-corrected chi connectivity index (χ3v) is 5.67. The third-order valence-electron chi connectivity index (χ3n) is 1.71. The largest absolute Gasteiger partial charge is 0.480 e. The summed E-state index contributed by atoms with van der Waals surface area (Å²) in [6.45, 7) is 0.0686. The van der Waals surface area contributed by atoms with E-state index in [4.69, 9.17) is 20.6 Å². The average molecular weight is 290 g/mol. The molecule has 11 heteroatoms. The van der Waals surface area contributed by atoms with E-state index in [2.05, 4.69) is 5.32 Å². The van der Waals surface area contributed by atoms with Crippen LogP contribution in [0.15, 0.2) is 0 Å². The molecule has 9 nitrogen and oxygen atoms in total. The molecular weight excluding hydrogens is 274 g/mol. The molecule has 0 radical (unpaired) electrons. The SMILES string of the molecule is N[C@@H](CCNCP(=O)(O)CP(=O)(O)O)C(=O)O. The van der Waals surface area contributed by atoms with Gasteiger partial charge in [0, 0.05) is 0 Å². The van der Waals surface area contributed by atoms with Crippen LogP contribution >= 0.6 is 15.0 Å². The van der Waals surface area contributed by atoms with E-state index < -0.39 is 39.2 Å². The van der Waals surface area contributed by atoms with Gasteiger partial charge >= 0.3 is 13.6 Å². The molecule has 0 amide bonds. The predicted molar refractivity (Wildman–Crippen MR) is 59.8 cm³/mol. The number of rotatable bonds is 8. The molecule has 17 heavy (non-hydrogen) atoms. The molecular formula is C6H16N2O7P2. The Morgan fingerprint density at radius 1 is 1.29 bits per heavy atom. The highest BCUT2D eigenvalue weighted by Crippen LogP contribution is 2.53. The normalized spacial score (nSPS) is 17.4. The van der Waals surface area contributed by atoms with Crippen LogP contribution in [-0.2, 0) is 13.9 Å². The zero-order valence-corrected chi connectivity index (χ0v) is 10.7. The van der Waals surface area contributed by atoms with Gasteiger partial charge in [0.1, 0.15) is 11.9 Å². The molecule has 0 saturated heterocycles. The van der Waals surface area contributed by atoms with E-state index in [1.807, 2.05) is 0 Å². The molecule has 0 aromatic heterocycles. The fourth-order valence-corrected chi connectivity index (χ4v) is 4.18. The van der Waals surface area contributed by atoms with Crippen molar-refractivity contribution in [1.29, 1.82) is 0 Å². The van der Waals surface area contributed by atoms with Crippen molar-refractivity contribution in [3.8, 4) is 0 Å². The van der Waals surface area contributed by atoms with Gasteiger partial charge in [0.15, 0.2) is 0 Å². The molecule has 0 aromatic carbocycles. The summed E-state index contributed by atoms with van der Waals surface area (Å²) in [5.41, 5.74) is 5.17. The second-order valence-corrected chi connectivity index (χ2v) is 8.01. The van der Waals surface area contributed by atoms with Crippen LogP contribution in [0.5, 0.6) is 0 Å². The Balaban J connectivity index is 3.93. The lowest BCUT2D eigenvalue weighted by atomic mass is 10.2. The molecule has 0 heterocycles. The maximum absolute atomic E-state index is 11.3. The predicted octanol–water partition coefficient (Wildman–Crippen LogP) is -1.26. The van der Waals surface area contributed by atoms with Crippen molar-refractivity contribution in [2.75, 3.05) is 18.7 Å². The standard InChI is InChI=1S/C6H16N2O7P2/c7-5(6(9)10)1-2-8-3-16(11,12)4-17(13,14)15/h5,8H,1-4,7H2,(H,9,10)(H,11,12)(H2,13,14,15)/t5-/m0/s1. The molecule has 0 rings (SSSR count). The number of carbonyl (C=O) groups is 1. The topological polar surface area (TPSA) is 170 Å². The highest BCUT2D eigenvalue weighted by Gasteiger charge is 2.29. The van der Waals surface area contributed by atoms with E-state index in [1.165, 1.54) is 0 Å². The molecule has 0 saturated carbocycles. The maximum atomic E-state index is 11.3. The lowest BCUT2D eigenvalue weighted by molar-refractivity contribution is -0.138. The number of hydrogen-bond acceptors (Lipinski definition) is 5. The van der Waals surface area contributed by atoms with Crippen LogP contribution in [0.3, 0.4) is 0 Å². The summed E-state index contributed by atoms with van der Waals surface area (Å²) in [5.74, 6) is -2.29. The van der Waals surface area contributed by atoms with Gasteiger partial charge in [0.25, 0.3) is 0 Å². The van der Waals surface area contributed by atoms with E-state index in [-0.39, 0.29) is 13.0 Å². The molecule has 0 aliphatic carbocycles. The first-order valence-corrected chi connectivity index (χ1v) is 8.41. The van der Waals surface area contributed by atoms with E-state index in [1.54, 1.807) is 0 Å². The van der Waals surface area contributed by atoms with Crippen molar-refractivity contribution in [1.82, 2.24) is 5.32 Å². The van der Waals surface area contributed by atoms with Crippen molar-refractivity contribution in [2.45, 2.75) is 12.5 Å². The molecule has 0 aromatic rings. The lowest BCUT2D eigenvalue weighted by Crippen LogP contribution is -2.34. The fraction of sp³-hybridized carbons (Fsp3) is 0.833. The van der Waals surface area contributed by atoms with Gasteiger partial charge in [-0.05, 0) is 13.0 Å². The molecule has 0 spiro atoms. The summed E-state index contributed by atoms with van der Waals surface area (Å²) in [6.07, 6.45) is -0.449.